The van der Waals surface area contributed by atoms with E-state index in [1.54, 1.807) is 18.9 Å². The van der Waals surface area contributed by atoms with E-state index in [9.17, 15) is 17.6 Å². The van der Waals surface area contributed by atoms with Gasteiger partial charge in [0.25, 0.3) is 0 Å². The number of alkyl halides is 3. The van der Waals surface area contributed by atoms with E-state index in [1.807, 2.05) is 6.92 Å². The highest BCUT2D eigenvalue weighted by molar-refractivity contribution is 5.65. The smallest absolute Gasteiger partial charge is 0.420 e. The molecule has 25 heavy (non-hydrogen) atoms. The summed E-state index contributed by atoms with van der Waals surface area (Å²) >= 11 is 0. The summed E-state index contributed by atoms with van der Waals surface area (Å²) in [6.45, 7) is 4.18. The number of para-hydroxylation sites is 1. The summed E-state index contributed by atoms with van der Waals surface area (Å²) in [4.78, 5) is 5.82. The average Bonchev–Trinajstić information content (AvgIpc) is 2.54. The molecule has 0 aliphatic heterocycles. The fraction of sp³-hybridized carbons (Fsp3) is 0.278. The van der Waals surface area contributed by atoms with Crippen LogP contribution in [0.5, 0.6) is 11.5 Å². The molecule has 2 rings (SSSR count). The van der Waals surface area contributed by atoms with Crippen molar-refractivity contribution in [2.24, 2.45) is 4.99 Å². The molecule has 0 radical (unpaired) electrons. The first-order valence-corrected chi connectivity index (χ1v) is 7.61. The average molecular weight is 354 g/mol. The van der Waals surface area contributed by atoms with Crippen LogP contribution in [0.1, 0.15) is 18.1 Å². The van der Waals surface area contributed by atoms with E-state index in [1.165, 1.54) is 30.6 Å². The third kappa shape index (κ3) is 4.71. The van der Waals surface area contributed by atoms with Gasteiger partial charge >= 0.3 is 6.18 Å². The van der Waals surface area contributed by atoms with E-state index in [4.69, 9.17) is 4.74 Å². The maximum absolute atomic E-state index is 13.7. The minimum Gasteiger partial charge on any atom is -0.454 e. The highest BCUT2D eigenvalue weighted by Gasteiger charge is 2.35. The van der Waals surface area contributed by atoms with Gasteiger partial charge in [0, 0.05) is 13.6 Å². The molecule has 0 heterocycles. The Balaban J connectivity index is 2.48. The highest BCUT2D eigenvalue weighted by atomic mass is 19.4. The van der Waals surface area contributed by atoms with Crippen molar-refractivity contribution in [2.75, 3.05) is 13.6 Å². The Morgan fingerprint density at radius 2 is 1.84 bits per heavy atom. The zero-order valence-corrected chi connectivity index (χ0v) is 14.1. The Kier molecular flexibility index (Phi) is 5.66. The Morgan fingerprint density at radius 1 is 1.16 bits per heavy atom. The fourth-order valence-electron chi connectivity index (χ4n) is 2.00. The van der Waals surface area contributed by atoms with E-state index >= 15 is 0 Å². The van der Waals surface area contributed by atoms with Gasteiger partial charge in [0.15, 0.2) is 11.6 Å². The lowest BCUT2D eigenvalue weighted by Gasteiger charge is -2.16. The lowest BCUT2D eigenvalue weighted by atomic mass is 10.1. The SMILES string of the molecule is CCN(C)/C=N/c1cc(C(F)(F)F)c(Oc2ccccc2F)cc1C. The molecule has 0 aliphatic carbocycles. The maximum Gasteiger partial charge on any atom is 0.420 e. The molecule has 0 unspecified atom stereocenters. The van der Waals surface area contributed by atoms with Gasteiger partial charge in [-0.1, -0.05) is 12.1 Å². The maximum atomic E-state index is 13.7. The number of hydrogen-bond acceptors (Lipinski definition) is 2. The summed E-state index contributed by atoms with van der Waals surface area (Å²) < 4.78 is 59.1. The first kappa shape index (κ1) is 18.8. The van der Waals surface area contributed by atoms with E-state index in [0.717, 1.165) is 12.1 Å². The number of benzene rings is 2. The number of ether oxygens (including phenoxy) is 1. The number of aryl methyl sites for hydroxylation is 1. The number of aliphatic imine (C=N–C) groups is 1. The lowest BCUT2D eigenvalue weighted by Crippen LogP contribution is -2.14. The van der Waals surface area contributed by atoms with Gasteiger partial charge in [0.2, 0.25) is 0 Å². The summed E-state index contributed by atoms with van der Waals surface area (Å²) in [7, 11) is 1.76. The predicted molar refractivity (Wildman–Crippen MR) is 89.1 cm³/mol. The van der Waals surface area contributed by atoms with Crippen LogP contribution in [0.3, 0.4) is 0 Å². The van der Waals surface area contributed by atoms with E-state index in [-0.39, 0.29) is 11.4 Å². The zero-order chi connectivity index (χ0) is 18.6. The van der Waals surface area contributed by atoms with E-state index < -0.39 is 23.3 Å². The van der Waals surface area contributed by atoms with Gasteiger partial charge < -0.3 is 9.64 Å². The number of hydrogen-bond donors (Lipinski definition) is 0. The zero-order valence-electron chi connectivity index (χ0n) is 14.1. The Bertz CT molecular complexity index is 772. The standard InChI is InChI=1S/C18H18F4N2O/c1-4-24(3)11-23-15-10-13(18(20,21)22)17(9-12(15)2)25-16-8-6-5-7-14(16)19/h5-11H,4H2,1-3H3/b23-11+. The molecule has 0 aliphatic rings. The Labute approximate surface area is 143 Å². The number of rotatable bonds is 5. The first-order valence-electron chi connectivity index (χ1n) is 7.61. The summed E-state index contributed by atoms with van der Waals surface area (Å²) in [5, 5.41) is 0. The number of nitrogens with zero attached hydrogens (tertiary/aromatic N) is 2. The van der Waals surface area contributed by atoms with Crippen LogP contribution < -0.4 is 4.74 Å². The van der Waals surface area contributed by atoms with Crippen molar-refractivity contribution in [3.8, 4) is 11.5 Å². The van der Waals surface area contributed by atoms with Gasteiger partial charge in [-0.2, -0.15) is 13.2 Å². The molecule has 0 saturated carbocycles. The predicted octanol–water partition coefficient (Wildman–Crippen LogP) is 5.56. The van der Waals surface area contributed by atoms with Crippen molar-refractivity contribution >= 4 is 12.0 Å². The third-order valence-corrected chi connectivity index (χ3v) is 3.55. The van der Waals surface area contributed by atoms with Crippen LogP contribution in [-0.4, -0.2) is 24.8 Å². The lowest BCUT2D eigenvalue weighted by molar-refractivity contribution is -0.138. The second-order valence-electron chi connectivity index (χ2n) is 5.48. The summed E-state index contributed by atoms with van der Waals surface area (Å²) in [6, 6.07) is 7.43. The highest BCUT2D eigenvalue weighted by Crippen LogP contribution is 2.42. The molecular weight excluding hydrogens is 336 g/mol. The van der Waals surface area contributed by atoms with E-state index in [2.05, 4.69) is 4.99 Å². The quantitative estimate of drug-likeness (QED) is 0.399. The summed E-state index contributed by atoms with van der Waals surface area (Å²) in [5.74, 6) is -1.47. The van der Waals surface area contributed by atoms with Crippen molar-refractivity contribution in [2.45, 2.75) is 20.0 Å². The van der Waals surface area contributed by atoms with Crippen LogP contribution >= 0.6 is 0 Å². The van der Waals surface area contributed by atoms with E-state index in [0.29, 0.717) is 12.1 Å². The molecule has 0 N–H and O–H groups in total. The molecule has 7 heteroatoms. The van der Waals surface area contributed by atoms with Gasteiger partial charge in [0.1, 0.15) is 11.3 Å². The van der Waals surface area contributed by atoms with Crippen molar-refractivity contribution in [1.29, 1.82) is 0 Å². The van der Waals surface area contributed by atoms with Crippen LogP contribution in [-0.2, 0) is 6.18 Å². The molecule has 2 aromatic rings. The van der Waals surface area contributed by atoms with Gasteiger partial charge in [-0.3, -0.25) is 0 Å². The number of halogens is 4. The van der Waals surface area contributed by atoms with Crippen LogP contribution in [0.4, 0.5) is 23.2 Å². The van der Waals surface area contributed by atoms with Crippen molar-refractivity contribution < 1.29 is 22.3 Å². The molecule has 0 saturated heterocycles. The van der Waals surface area contributed by atoms with Crippen LogP contribution in [0, 0.1) is 12.7 Å². The fourth-order valence-corrected chi connectivity index (χ4v) is 2.00. The van der Waals surface area contributed by atoms with Crippen molar-refractivity contribution in [1.82, 2.24) is 4.90 Å². The van der Waals surface area contributed by atoms with Crippen molar-refractivity contribution in [3.63, 3.8) is 0 Å². The molecule has 0 aromatic heterocycles. The minimum atomic E-state index is -4.66. The second-order valence-corrected chi connectivity index (χ2v) is 5.48. The molecule has 2 aromatic carbocycles. The van der Waals surface area contributed by atoms with Crippen LogP contribution in [0.15, 0.2) is 41.4 Å². The first-order chi connectivity index (χ1) is 11.7. The molecule has 134 valence electrons. The molecule has 0 bridgehead atoms. The topological polar surface area (TPSA) is 24.8 Å². The molecule has 0 amide bonds. The van der Waals surface area contributed by atoms with Gasteiger partial charge in [-0.25, -0.2) is 9.38 Å². The second kappa shape index (κ2) is 7.55. The monoisotopic (exact) mass is 354 g/mol. The largest absolute Gasteiger partial charge is 0.454 e. The van der Waals surface area contributed by atoms with Gasteiger partial charge in [0.05, 0.1) is 12.0 Å². The van der Waals surface area contributed by atoms with Gasteiger partial charge in [-0.05, 0) is 43.7 Å². The molecule has 0 atom stereocenters. The Morgan fingerprint density at radius 3 is 2.44 bits per heavy atom. The molecule has 0 fully saturated rings. The van der Waals surface area contributed by atoms with Crippen molar-refractivity contribution in [3.05, 3.63) is 53.3 Å². The normalized spacial score (nSPS) is 11.8. The minimum absolute atomic E-state index is 0.175. The molecule has 0 spiro atoms. The third-order valence-electron chi connectivity index (χ3n) is 3.55. The van der Waals surface area contributed by atoms with Gasteiger partial charge in [-0.15, -0.1) is 0 Å². The van der Waals surface area contributed by atoms with Crippen LogP contribution in [0.2, 0.25) is 0 Å². The molecule has 3 nitrogen and oxygen atoms in total. The Hall–Kier alpha value is -2.57. The molecular formula is C18H18F4N2O. The summed E-state index contributed by atoms with van der Waals surface area (Å²) in [6.07, 6.45) is -3.20. The van der Waals surface area contributed by atoms with Crippen LogP contribution in [0.25, 0.3) is 0 Å². The summed E-state index contributed by atoms with van der Waals surface area (Å²) in [5.41, 5.74) is -0.346.